The zero-order chi connectivity index (χ0) is 13.1. The Morgan fingerprint density at radius 3 is 2.79 bits per heavy atom. The molecule has 0 aliphatic rings. The van der Waals surface area contributed by atoms with Gasteiger partial charge < -0.3 is 10.3 Å². The van der Waals surface area contributed by atoms with E-state index >= 15 is 0 Å². The van der Waals surface area contributed by atoms with Crippen LogP contribution in [0.15, 0.2) is 48.9 Å². The van der Waals surface area contributed by atoms with Gasteiger partial charge in [0.2, 0.25) is 0 Å². The molecule has 1 atom stereocenters. The number of pyridine rings is 2. The van der Waals surface area contributed by atoms with Crippen LogP contribution < -0.4 is 5.32 Å². The first-order valence-corrected chi connectivity index (χ1v) is 6.47. The van der Waals surface area contributed by atoms with Crippen LogP contribution in [-0.2, 0) is 0 Å². The third-order valence-corrected chi connectivity index (χ3v) is 3.25. The second-order valence-corrected chi connectivity index (χ2v) is 4.50. The zero-order valence-electron chi connectivity index (χ0n) is 10.8. The molecule has 4 heteroatoms. The summed E-state index contributed by atoms with van der Waals surface area (Å²) in [4.78, 5) is 11.8. The Bertz CT molecular complexity index is 660. The van der Waals surface area contributed by atoms with Gasteiger partial charge in [-0.3, -0.25) is 4.98 Å². The molecule has 0 amide bonds. The number of hydrogen-bond acceptors (Lipinski definition) is 3. The molecule has 0 fully saturated rings. The summed E-state index contributed by atoms with van der Waals surface area (Å²) in [5.74, 6) is 0.888. The molecule has 2 N–H and O–H groups in total. The second-order valence-electron chi connectivity index (χ2n) is 4.50. The maximum absolute atomic E-state index is 4.57. The van der Waals surface area contributed by atoms with E-state index in [1.807, 2.05) is 42.9 Å². The largest absolute Gasteiger partial charge is 0.363 e. The predicted octanol–water partition coefficient (Wildman–Crippen LogP) is 3.52. The number of nitrogens with one attached hydrogen (secondary N) is 2. The Morgan fingerprint density at radius 2 is 2.00 bits per heavy atom. The van der Waals surface area contributed by atoms with Crippen molar-refractivity contribution in [1.29, 1.82) is 0 Å². The molecule has 1 unspecified atom stereocenters. The maximum atomic E-state index is 4.57. The van der Waals surface area contributed by atoms with Gasteiger partial charge in [0.15, 0.2) is 0 Å². The molecule has 3 aromatic rings. The fraction of sp³-hybridized carbons (Fsp3) is 0.200. The number of anilines is 1. The standard InChI is InChI=1S/C15H16N4/c1-2-13(11-5-8-16-9-6-11)18-14-4-3-12-7-10-17-15(12)19-14/h3-10,13H,2H2,1H3,(H2,17,18,19). The highest BCUT2D eigenvalue weighted by atomic mass is 15.0. The van der Waals surface area contributed by atoms with E-state index < -0.39 is 0 Å². The summed E-state index contributed by atoms with van der Waals surface area (Å²) in [5, 5.41) is 4.60. The molecule has 3 aromatic heterocycles. The number of H-pyrrole nitrogens is 1. The molecule has 0 aromatic carbocycles. The number of fused-ring (bicyclic) bond motifs is 1. The Kier molecular flexibility index (Phi) is 3.14. The van der Waals surface area contributed by atoms with Crippen LogP contribution in [0, 0.1) is 0 Å². The summed E-state index contributed by atoms with van der Waals surface area (Å²) in [6.45, 7) is 2.16. The predicted molar refractivity (Wildman–Crippen MR) is 77.0 cm³/mol. The number of aromatic nitrogens is 3. The van der Waals surface area contributed by atoms with Crippen LogP contribution in [0.5, 0.6) is 0 Å². The smallest absolute Gasteiger partial charge is 0.139 e. The van der Waals surface area contributed by atoms with E-state index in [9.17, 15) is 0 Å². The summed E-state index contributed by atoms with van der Waals surface area (Å²) in [7, 11) is 0. The Morgan fingerprint density at radius 1 is 1.16 bits per heavy atom. The van der Waals surface area contributed by atoms with Gasteiger partial charge in [-0.1, -0.05) is 6.92 Å². The van der Waals surface area contributed by atoms with Crippen molar-refractivity contribution >= 4 is 16.9 Å². The third-order valence-electron chi connectivity index (χ3n) is 3.25. The van der Waals surface area contributed by atoms with Crippen molar-refractivity contribution in [2.75, 3.05) is 5.32 Å². The van der Waals surface area contributed by atoms with Crippen molar-refractivity contribution < 1.29 is 0 Å². The van der Waals surface area contributed by atoms with Gasteiger partial charge in [-0.25, -0.2) is 4.98 Å². The summed E-state index contributed by atoms with van der Waals surface area (Å²) in [6.07, 6.45) is 6.54. The molecule has 0 spiro atoms. The Balaban J connectivity index is 1.86. The van der Waals surface area contributed by atoms with Gasteiger partial charge in [0.25, 0.3) is 0 Å². The van der Waals surface area contributed by atoms with E-state index in [4.69, 9.17) is 0 Å². The molecule has 4 nitrogen and oxygen atoms in total. The summed E-state index contributed by atoms with van der Waals surface area (Å²) in [6, 6.07) is 10.4. The van der Waals surface area contributed by atoms with E-state index in [0.717, 1.165) is 23.3 Å². The lowest BCUT2D eigenvalue weighted by Gasteiger charge is -2.17. The van der Waals surface area contributed by atoms with Gasteiger partial charge in [0, 0.05) is 24.0 Å². The van der Waals surface area contributed by atoms with Crippen LogP contribution in [0.3, 0.4) is 0 Å². The molecule has 0 saturated heterocycles. The van der Waals surface area contributed by atoms with E-state index in [2.05, 4.69) is 33.3 Å². The highest BCUT2D eigenvalue weighted by molar-refractivity contribution is 5.77. The lowest BCUT2D eigenvalue weighted by molar-refractivity contribution is 0.743. The van der Waals surface area contributed by atoms with Crippen LogP contribution in [-0.4, -0.2) is 15.0 Å². The number of hydrogen-bond donors (Lipinski definition) is 2. The minimum atomic E-state index is 0.253. The minimum absolute atomic E-state index is 0.253. The van der Waals surface area contributed by atoms with Crippen LogP contribution in [0.25, 0.3) is 11.0 Å². The van der Waals surface area contributed by atoms with Crippen molar-refractivity contribution in [2.45, 2.75) is 19.4 Å². The van der Waals surface area contributed by atoms with E-state index in [1.165, 1.54) is 5.56 Å². The second kappa shape index (κ2) is 5.10. The van der Waals surface area contributed by atoms with Gasteiger partial charge in [-0.2, -0.15) is 0 Å². The first kappa shape index (κ1) is 11.7. The van der Waals surface area contributed by atoms with Crippen molar-refractivity contribution in [2.24, 2.45) is 0 Å². The maximum Gasteiger partial charge on any atom is 0.139 e. The quantitative estimate of drug-likeness (QED) is 0.747. The topological polar surface area (TPSA) is 53.6 Å². The molecular formula is C15H16N4. The molecule has 0 aliphatic carbocycles. The lowest BCUT2D eigenvalue weighted by Crippen LogP contribution is -2.10. The molecule has 96 valence electrons. The van der Waals surface area contributed by atoms with Crippen molar-refractivity contribution in [3.63, 3.8) is 0 Å². The third kappa shape index (κ3) is 2.42. The van der Waals surface area contributed by atoms with Crippen LogP contribution in [0.2, 0.25) is 0 Å². The summed E-state index contributed by atoms with van der Waals surface area (Å²) in [5.41, 5.74) is 2.14. The van der Waals surface area contributed by atoms with Gasteiger partial charge in [0.1, 0.15) is 11.5 Å². The van der Waals surface area contributed by atoms with E-state index in [1.54, 1.807) is 0 Å². The van der Waals surface area contributed by atoms with Crippen LogP contribution in [0.1, 0.15) is 24.9 Å². The van der Waals surface area contributed by atoms with E-state index in [-0.39, 0.29) is 6.04 Å². The minimum Gasteiger partial charge on any atom is -0.363 e. The highest BCUT2D eigenvalue weighted by Gasteiger charge is 2.09. The molecule has 3 heterocycles. The first-order chi connectivity index (χ1) is 9.36. The molecular weight excluding hydrogens is 236 g/mol. The van der Waals surface area contributed by atoms with Crippen molar-refractivity contribution in [3.8, 4) is 0 Å². The first-order valence-electron chi connectivity index (χ1n) is 6.47. The van der Waals surface area contributed by atoms with Crippen molar-refractivity contribution in [1.82, 2.24) is 15.0 Å². The molecule has 0 radical (unpaired) electrons. The molecule has 0 saturated carbocycles. The number of nitrogens with zero attached hydrogens (tertiary/aromatic N) is 2. The zero-order valence-corrected chi connectivity index (χ0v) is 10.8. The number of rotatable bonds is 4. The fourth-order valence-corrected chi connectivity index (χ4v) is 2.21. The monoisotopic (exact) mass is 252 g/mol. The van der Waals surface area contributed by atoms with E-state index in [0.29, 0.717) is 0 Å². The van der Waals surface area contributed by atoms with Gasteiger partial charge in [0.05, 0.1) is 6.04 Å². The van der Waals surface area contributed by atoms with Crippen LogP contribution in [0.4, 0.5) is 5.82 Å². The van der Waals surface area contributed by atoms with Crippen LogP contribution >= 0.6 is 0 Å². The average Bonchev–Trinajstić information content (AvgIpc) is 2.93. The molecule has 0 bridgehead atoms. The Hall–Kier alpha value is -2.36. The molecule has 19 heavy (non-hydrogen) atoms. The average molecular weight is 252 g/mol. The summed E-state index contributed by atoms with van der Waals surface area (Å²) < 4.78 is 0. The summed E-state index contributed by atoms with van der Waals surface area (Å²) >= 11 is 0. The normalized spacial score (nSPS) is 12.5. The van der Waals surface area contributed by atoms with Gasteiger partial charge in [-0.05, 0) is 42.3 Å². The molecule has 3 rings (SSSR count). The highest BCUT2D eigenvalue weighted by Crippen LogP contribution is 2.22. The fourth-order valence-electron chi connectivity index (χ4n) is 2.21. The van der Waals surface area contributed by atoms with Gasteiger partial charge in [-0.15, -0.1) is 0 Å². The van der Waals surface area contributed by atoms with Gasteiger partial charge >= 0.3 is 0 Å². The lowest BCUT2D eigenvalue weighted by atomic mass is 10.1. The number of aromatic amines is 1. The van der Waals surface area contributed by atoms with Crippen molar-refractivity contribution in [3.05, 3.63) is 54.5 Å². The molecule has 0 aliphatic heterocycles. The Labute approximate surface area is 111 Å². The SMILES string of the molecule is CCC(Nc1ccc2cc[nH]c2n1)c1ccncc1.